The molecule has 0 amide bonds. The number of ether oxygens (including phenoxy) is 1. The number of hydrogen-bond donors (Lipinski definition) is 2. The second-order valence-corrected chi connectivity index (χ2v) is 7.06. The number of phenols is 1. The molecule has 2 bridgehead atoms. The molecule has 1 saturated heterocycles. The van der Waals surface area contributed by atoms with Gasteiger partial charge in [0.25, 0.3) is 0 Å². The zero-order chi connectivity index (χ0) is 14.8. The first-order chi connectivity index (χ1) is 10.1. The molecule has 0 aromatic heterocycles. The van der Waals surface area contributed by atoms with Crippen molar-refractivity contribution in [3.05, 3.63) is 33.8 Å². The summed E-state index contributed by atoms with van der Waals surface area (Å²) < 4.78 is 6.31. The standard InChI is InChI=1S/C16H18BrNO3/c1-21-12-7-11(17)10-8-18-5-4-16(14(10)15(12)20)3-2-9(19)6-13(16)18/h2-3,7,9,13,19-20H,4-6,8H2,1H3/t9-,13?,16?/m1/s1. The summed E-state index contributed by atoms with van der Waals surface area (Å²) in [6.45, 7) is 1.80. The SMILES string of the molecule is COc1cc(Br)c2c(c1O)C13C=C[C@@H](O)CC1N(CC3)C2. The molecular weight excluding hydrogens is 334 g/mol. The van der Waals surface area contributed by atoms with Gasteiger partial charge in [0.1, 0.15) is 0 Å². The molecule has 4 rings (SSSR count). The van der Waals surface area contributed by atoms with E-state index in [1.54, 1.807) is 7.11 Å². The van der Waals surface area contributed by atoms with Crippen molar-refractivity contribution in [2.75, 3.05) is 13.7 Å². The Morgan fingerprint density at radius 3 is 3.05 bits per heavy atom. The Bertz CT molecular complexity index is 645. The number of methoxy groups -OCH3 is 1. The van der Waals surface area contributed by atoms with E-state index in [1.807, 2.05) is 12.1 Å². The Kier molecular flexibility index (Phi) is 2.90. The molecule has 1 aromatic rings. The first-order valence-corrected chi connectivity index (χ1v) is 8.06. The minimum Gasteiger partial charge on any atom is -0.504 e. The summed E-state index contributed by atoms with van der Waals surface area (Å²) in [7, 11) is 1.58. The molecule has 21 heavy (non-hydrogen) atoms. The number of aliphatic hydroxyl groups is 1. The molecule has 0 radical (unpaired) electrons. The van der Waals surface area contributed by atoms with Crippen molar-refractivity contribution >= 4 is 15.9 Å². The Morgan fingerprint density at radius 2 is 2.29 bits per heavy atom. The molecule has 2 aliphatic heterocycles. The third kappa shape index (κ3) is 1.68. The van der Waals surface area contributed by atoms with Gasteiger partial charge in [-0.1, -0.05) is 28.1 Å². The van der Waals surface area contributed by atoms with Crippen molar-refractivity contribution in [3.8, 4) is 11.5 Å². The van der Waals surface area contributed by atoms with Gasteiger partial charge in [-0.15, -0.1) is 0 Å². The normalized spacial score (nSPS) is 36.2. The van der Waals surface area contributed by atoms with Crippen LogP contribution in [0.2, 0.25) is 0 Å². The summed E-state index contributed by atoms with van der Waals surface area (Å²) in [4.78, 5) is 2.42. The fourth-order valence-corrected chi connectivity index (χ4v) is 4.89. The number of phenolic OH excluding ortho intramolecular Hbond substituents is 1. The van der Waals surface area contributed by atoms with Crippen molar-refractivity contribution in [1.82, 2.24) is 4.90 Å². The first-order valence-electron chi connectivity index (χ1n) is 7.27. The van der Waals surface area contributed by atoms with Crippen LogP contribution >= 0.6 is 15.9 Å². The lowest BCUT2D eigenvalue weighted by Gasteiger charge is -2.45. The smallest absolute Gasteiger partial charge is 0.162 e. The van der Waals surface area contributed by atoms with Gasteiger partial charge in [0.15, 0.2) is 11.5 Å². The molecule has 2 N–H and O–H groups in total. The van der Waals surface area contributed by atoms with Crippen molar-refractivity contribution in [2.45, 2.75) is 36.9 Å². The molecule has 5 heteroatoms. The summed E-state index contributed by atoms with van der Waals surface area (Å²) >= 11 is 3.62. The lowest BCUT2D eigenvalue weighted by atomic mass is 9.66. The van der Waals surface area contributed by atoms with Crippen LogP contribution in [0.1, 0.15) is 24.0 Å². The van der Waals surface area contributed by atoms with Crippen molar-refractivity contribution in [1.29, 1.82) is 0 Å². The van der Waals surface area contributed by atoms with Gasteiger partial charge in [-0.2, -0.15) is 0 Å². The fraction of sp³-hybridized carbons (Fsp3) is 0.500. The highest BCUT2D eigenvalue weighted by atomic mass is 79.9. The van der Waals surface area contributed by atoms with Crippen LogP contribution < -0.4 is 4.74 Å². The Balaban J connectivity index is 2.00. The number of benzene rings is 1. The highest BCUT2D eigenvalue weighted by molar-refractivity contribution is 9.10. The average molecular weight is 352 g/mol. The largest absolute Gasteiger partial charge is 0.504 e. The summed E-state index contributed by atoms with van der Waals surface area (Å²) in [5.41, 5.74) is 1.92. The number of halogens is 1. The molecule has 4 nitrogen and oxygen atoms in total. The van der Waals surface area contributed by atoms with Crippen LogP contribution in [0.5, 0.6) is 11.5 Å². The van der Waals surface area contributed by atoms with Crippen molar-refractivity contribution in [3.63, 3.8) is 0 Å². The maximum atomic E-state index is 10.7. The Labute approximate surface area is 132 Å². The summed E-state index contributed by atoms with van der Waals surface area (Å²) in [5, 5.41) is 20.7. The molecular formula is C16H18BrNO3. The number of fused-ring (bicyclic) bond motifs is 1. The molecule has 1 aliphatic carbocycles. The van der Waals surface area contributed by atoms with E-state index in [-0.39, 0.29) is 23.3 Å². The number of rotatable bonds is 1. The van der Waals surface area contributed by atoms with Crippen LogP contribution in [-0.4, -0.2) is 40.9 Å². The van der Waals surface area contributed by atoms with E-state index in [1.165, 1.54) is 0 Å². The molecule has 0 saturated carbocycles. The van der Waals surface area contributed by atoms with Gasteiger partial charge in [-0.05, 0) is 24.5 Å². The van der Waals surface area contributed by atoms with Crippen LogP contribution in [0.25, 0.3) is 0 Å². The van der Waals surface area contributed by atoms with Crippen LogP contribution in [0, 0.1) is 0 Å². The van der Waals surface area contributed by atoms with Gasteiger partial charge in [0, 0.05) is 34.6 Å². The van der Waals surface area contributed by atoms with Crippen LogP contribution in [-0.2, 0) is 12.0 Å². The Morgan fingerprint density at radius 1 is 1.48 bits per heavy atom. The topological polar surface area (TPSA) is 52.9 Å². The first kappa shape index (κ1) is 13.6. The van der Waals surface area contributed by atoms with Crippen molar-refractivity contribution < 1.29 is 14.9 Å². The zero-order valence-corrected chi connectivity index (χ0v) is 13.4. The predicted molar refractivity (Wildman–Crippen MR) is 82.6 cm³/mol. The summed E-state index contributed by atoms with van der Waals surface area (Å²) in [5.74, 6) is 0.761. The van der Waals surface area contributed by atoms with Crippen LogP contribution in [0.15, 0.2) is 22.7 Å². The molecule has 3 aliphatic rings. The number of hydrogen-bond acceptors (Lipinski definition) is 4. The lowest BCUT2D eigenvalue weighted by Crippen LogP contribution is -2.49. The van der Waals surface area contributed by atoms with E-state index in [4.69, 9.17) is 4.74 Å². The molecule has 112 valence electrons. The third-order valence-corrected chi connectivity index (χ3v) is 6.00. The third-order valence-electron chi connectivity index (χ3n) is 5.29. The number of aromatic hydroxyl groups is 1. The number of nitrogens with zero attached hydrogens (tertiary/aromatic N) is 1. The maximum absolute atomic E-state index is 10.7. The summed E-state index contributed by atoms with van der Waals surface area (Å²) in [6.07, 6.45) is 5.30. The fourth-order valence-electron chi connectivity index (χ4n) is 4.36. The maximum Gasteiger partial charge on any atom is 0.162 e. The second kappa shape index (κ2) is 4.48. The van der Waals surface area contributed by atoms with E-state index in [0.717, 1.165) is 41.5 Å². The number of aliphatic hydroxyl groups excluding tert-OH is 1. The van der Waals surface area contributed by atoms with Crippen molar-refractivity contribution in [2.24, 2.45) is 0 Å². The van der Waals surface area contributed by atoms with Gasteiger partial charge in [-0.25, -0.2) is 0 Å². The minimum atomic E-state index is -0.388. The monoisotopic (exact) mass is 351 g/mol. The van der Waals surface area contributed by atoms with E-state index < -0.39 is 0 Å². The van der Waals surface area contributed by atoms with Crippen LogP contribution in [0.4, 0.5) is 0 Å². The summed E-state index contributed by atoms with van der Waals surface area (Å²) in [6, 6.07) is 2.10. The predicted octanol–water partition coefficient (Wildman–Crippen LogP) is 2.31. The molecule has 1 aromatic carbocycles. The van der Waals surface area contributed by atoms with Gasteiger partial charge in [-0.3, -0.25) is 4.90 Å². The Hall–Kier alpha value is -1.04. The van der Waals surface area contributed by atoms with Crippen LogP contribution in [0.3, 0.4) is 0 Å². The zero-order valence-electron chi connectivity index (χ0n) is 11.8. The van der Waals surface area contributed by atoms with E-state index in [9.17, 15) is 10.2 Å². The van der Waals surface area contributed by atoms with Gasteiger partial charge in [0.05, 0.1) is 13.2 Å². The van der Waals surface area contributed by atoms with E-state index in [2.05, 4.69) is 26.9 Å². The molecule has 2 heterocycles. The molecule has 0 spiro atoms. The average Bonchev–Trinajstić information content (AvgIpc) is 2.72. The quantitative estimate of drug-likeness (QED) is 0.762. The molecule has 3 unspecified atom stereocenters. The highest BCUT2D eigenvalue weighted by Crippen LogP contribution is 2.56. The lowest BCUT2D eigenvalue weighted by molar-refractivity contribution is 0.109. The van der Waals surface area contributed by atoms with Gasteiger partial charge < -0.3 is 14.9 Å². The minimum absolute atomic E-state index is 0.200. The van der Waals surface area contributed by atoms with E-state index in [0.29, 0.717) is 5.75 Å². The molecule has 1 fully saturated rings. The second-order valence-electron chi connectivity index (χ2n) is 6.20. The van der Waals surface area contributed by atoms with E-state index >= 15 is 0 Å². The van der Waals surface area contributed by atoms with Gasteiger partial charge in [0.2, 0.25) is 0 Å². The highest BCUT2D eigenvalue weighted by Gasteiger charge is 2.54. The van der Waals surface area contributed by atoms with Gasteiger partial charge >= 0.3 is 0 Å². The molecule has 4 atom stereocenters.